The predicted octanol–water partition coefficient (Wildman–Crippen LogP) is 3.64. The summed E-state index contributed by atoms with van der Waals surface area (Å²) in [7, 11) is 2.94. The number of fused-ring (bicyclic) bond motifs is 1. The number of aliphatic hydroxyl groups is 3. The van der Waals surface area contributed by atoms with Crippen molar-refractivity contribution in [1.29, 1.82) is 0 Å². The molecule has 13 heteroatoms. The molecule has 238 valence electrons. The Bertz CT molecular complexity index is 1290. The molecule has 0 aromatic carbocycles. The van der Waals surface area contributed by atoms with Crippen molar-refractivity contribution in [2.75, 3.05) is 18.5 Å². The van der Waals surface area contributed by atoms with Crippen LogP contribution in [0.25, 0.3) is 10.6 Å². The van der Waals surface area contributed by atoms with Crippen molar-refractivity contribution >= 4 is 44.0 Å². The molecule has 3 aliphatic rings. The van der Waals surface area contributed by atoms with Crippen molar-refractivity contribution in [3.8, 4) is 10.6 Å². The van der Waals surface area contributed by atoms with Crippen LogP contribution in [0.5, 0.6) is 0 Å². The van der Waals surface area contributed by atoms with Crippen molar-refractivity contribution in [2.45, 2.75) is 90.1 Å². The van der Waals surface area contributed by atoms with Gasteiger partial charge in [0.2, 0.25) is 5.91 Å². The molecule has 6 atom stereocenters. The molecule has 11 nitrogen and oxygen atoms in total. The topological polar surface area (TPSA) is 175 Å². The van der Waals surface area contributed by atoms with Gasteiger partial charge in [-0.3, -0.25) is 14.4 Å². The minimum Gasteiger partial charge on any atom is -0.463 e. The Balaban J connectivity index is 1.29. The fourth-order valence-electron chi connectivity index (χ4n) is 4.62. The molecule has 0 saturated carbocycles. The van der Waals surface area contributed by atoms with E-state index in [1.54, 1.807) is 13.0 Å². The van der Waals surface area contributed by atoms with Gasteiger partial charge in [0, 0.05) is 23.8 Å². The lowest BCUT2D eigenvalue weighted by Crippen LogP contribution is -2.52. The monoisotopic (exact) mass is 638 g/mol. The molecule has 3 aliphatic heterocycles. The standard InChI is InChI=1S/C30H42N2O9S2/c1-17(19(3)33)10-9-11-20-15-41-28(27(38)26(20)37)25(36)18(2)14-23(35)40-13-8-6-4-5-7-12-22(34)32-24-29-21(16-42-43-29)31-30(24)39/h9-10,14,16-17,19-20,25,27-28,33,36,38H,4-8,11-13,15H2,1-3H3,(H,31,39)(H,32,34)/b10-9+,18-14+/t17-,19+,20+,25-,27-,28+/m1/s1. The number of carbonyl (C=O) groups is 3. The number of unbranched alkanes of at least 4 members (excludes halogenated alkanes) is 4. The SMILES string of the molecule is C/C(=C\C(=O)OCCCCCCCC(=O)Nc1c2sscc-2[nH]c1=O)[C@@H](O)[C@@H]1OC[C@H](C/C=C/[C@@H](C)[C@H](C)O)C(=O)[C@H]1O. The Hall–Kier alpha value is -2.68. The van der Waals surface area contributed by atoms with E-state index in [4.69, 9.17) is 9.47 Å². The normalized spacial score (nSPS) is 21.7. The quantitative estimate of drug-likeness (QED) is 0.0604. The minimum absolute atomic E-state index is 0.0282. The lowest BCUT2D eigenvalue weighted by molar-refractivity contribution is -0.165. The lowest BCUT2D eigenvalue weighted by atomic mass is 9.87. The van der Waals surface area contributed by atoms with Crippen LogP contribution in [0, 0.1) is 11.8 Å². The number of hydrogen-bond donors (Lipinski definition) is 5. The molecule has 0 radical (unpaired) electrons. The number of esters is 1. The highest BCUT2D eigenvalue weighted by atomic mass is 32.9. The molecular weight excluding hydrogens is 596 g/mol. The minimum atomic E-state index is -1.53. The number of H-pyrrole nitrogens is 1. The Morgan fingerprint density at radius 3 is 2.65 bits per heavy atom. The zero-order valence-corrected chi connectivity index (χ0v) is 26.4. The van der Waals surface area contributed by atoms with Crippen molar-refractivity contribution in [3.63, 3.8) is 0 Å². The van der Waals surface area contributed by atoms with Gasteiger partial charge in [-0.1, -0.05) is 59.0 Å². The molecule has 5 N–H and O–H groups in total. The fourth-order valence-corrected chi connectivity index (χ4v) is 6.78. The third-order valence-corrected chi connectivity index (χ3v) is 9.64. The van der Waals surface area contributed by atoms with E-state index in [-0.39, 0.29) is 36.2 Å². The number of aromatic nitrogens is 1. The van der Waals surface area contributed by atoms with Gasteiger partial charge in [-0.05, 0) is 44.6 Å². The van der Waals surface area contributed by atoms with Crippen molar-refractivity contribution < 1.29 is 39.2 Å². The van der Waals surface area contributed by atoms with E-state index in [9.17, 15) is 34.5 Å². The van der Waals surface area contributed by atoms with Gasteiger partial charge in [0.25, 0.3) is 5.56 Å². The number of Topliss-reactive ketones (excluding diaryl/α,β-unsaturated/α-hetero) is 1. The first kappa shape index (κ1) is 34.8. The molecule has 0 aromatic rings. The maximum Gasteiger partial charge on any atom is 0.330 e. The summed E-state index contributed by atoms with van der Waals surface area (Å²) in [6, 6.07) is 0. The summed E-state index contributed by atoms with van der Waals surface area (Å²) >= 11 is 0. The van der Waals surface area contributed by atoms with Crippen LogP contribution in [0.4, 0.5) is 5.69 Å². The maximum absolute atomic E-state index is 12.6. The van der Waals surface area contributed by atoms with Gasteiger partial charge in [-0.15, -0.1) is 0 Å². The zero-order chi connectivity index (χ0) is 31.5. The van der Waals surface area contributed by atoms with Gasteiger partial charge >= 0.3 is 5.97 Å². The number of allylic oxidation sites excluding steroid dienone is 1. The number of aliphatic hydroxyl groups excluding tert-OH is 3. The Morgan fingerprint density at radius 1 is 1.19 bits per heavy atom. The molecule has 3 heterocycles. The molecule has 0 unspecified atom stereocenters. The van der Waals surface area contributed by atoms with E-state index >= 15 is 0 Å². The summed E-state index contributed by atoms with van der Waals surface area (Å²) in [6.07, 6.45) is 4.61. The van der Waals surface area contributed by atoms with Gasteiger partial charge in [0.05, 0.1) is 29.9 Å². The first-order valence-electron chi connectivity index (χ1n) is 14.6. The fraction of sp³-hybridized carbons (Fsp3) is 0.600. The van der Waals surface area contributed by atoms with Crippen LogP contribution in [-0.4, -0.2) is 75.6 Å². The second kappa shape index (κ2) is 17.0. The first-order valence-corrected chi connectivity index (χ1v) is 16.8. The van der Waals surface area contributed by atoms with Gasteiger partial charge < -0.3 is 35.1 Å². The molecular formula is C30H42N2O9S2. The first-order chi connectivity index (χ1) is 20.5. The highest BCUT2D eigenvalue weighted by molar-refractivity contribution is 7.70. The summed E-state index contributed by atoms with van der Waals surface area (Å²) < 4.78 is 10.8. The molecule has 1 saturated heterocycles. The van der Waals surface area contributed by atoms with Gasteiger partial charge in [-0.2, -0.15) is 0 Å². The molecule has 3 rings (SSSR count). The van der Waals surface area contributed by atoms with Crippen molar-refractivity contribution in [2.24, 2.45) is 11.8 Å². The third kappa shape index (κ3) is 10.2. The van der Waals surface area contributed by atoms with Crippen LogP contribution < -0.4 is 10.9 Å². The number of hydrogen-bond acceptors (Lipinski definition) is 11. The van der Waals surface area contributed by atoms with Crippen LogP contribution >= 0.6 is 20.7 Å². The average Bonchev–Trinajstić information content (AvgIpc) is 3.53. The van der Waals surface area contributed by atoms with Gasteiger partial charge in [-0.25, -0.2) is 4.79 Å². The highest BCUT2D eigenvalue weighted by Gasteiger charge is 2.41. The second-order valence-electron chi connectivity index (χ2n) is 11.0. The highest BCUT2D eigenvalue weighted by Crippen LogP contribution is 2.35. The number of nitrogens with one attached hydrogen (secondary N) is 2. The molecule has 0 spiro atoms. The van der Waals surface area contributed by atoms with Crippen molar-refractivity contribution in [1.82, 2.24) is 4.98 Å². The molecule has 1 fully saturated rings. The lowest BCUT2D eigenvalue weighted by Gasteiger charge is -2.34. The average molecular weight is 639 g/mol. The Morgan fingerprint density at radius 2 is 1.91 bits per heavy atom. The van der Waals surface area contributed by atoms with E-state index < -0.39 is 42.1 Å². The molecule has 0 bridgehead atoms. The van der Waals surface area contributed by atoms with E-state index in [1.165, 1.54) is 27.6 Å². The van der Waals surface area contributed by atoms with Crippen LogP contribution in [0.2, 0.25) is 0 Å². The largest absolute Gasteiger partial charge is 0.463 e. The number of aromatic amines is 1. The van der Waals surface area contributed by atoms with E-state index in [0.29, 0.717) is 31.4 Å². The Kier molecular flexibility index (Phi) is 13.7. The number of amides is 1. The molecule has 1 amide bonds. The van der Waals surface area contributed by atoms with E-state index in [0.717, 1.165) is 35.9 Å². The van der Waals surface area contributed by atoms with Gasteiger partial charge in [0.15, 0.2) is 5.78 Å². The van der Waals surface area contributed by atoms with Crippen LogP contribution in [-0.2, 0) is 23.9 Å². The predicted molar refractivity (Wildman–Crippen MR) is 165 cm³/mol. The zero-order valence-electron chi connectivity index (χ0n) is 24.7. The van der Waals surface area contributed by atoms with Crippen LogP contribution in [0.1, 0.15) is 65.7 Å². The molecule has 0 aliphatic carbocycles. The summed E-state index contributed by atoms with van der Waals surface area (Å²) in [5, 5.41) is 35.2. The van der Waals surface area contributed by atoms with Crippen LogP contribution in [0.3, 0.4) is 0 Å². The third-order valence-electron chi connectivity index (χ3n) is 7.54. The van der Waals surface area contributed by atoms with Gasteiger partial charge in [0.1, 0.15) is 24.0 Å². The number of anilines is 1. The summed E-state index contributed by atoms with van der Waals surface area (Å²) in [5.74, 6) is -1.89. The number of carbonyl (C=O) groups excluding carboxylic acids is 3. The molecule has 0 aromatic heterocycles. The molecule has 43 heavy (non-hydrogen) atoms. The maximum atomic E-state index is 12.6. The van der Waals surface area contributed by atoms with Crippen molar-refractivity contribution in [3.05, 3.63) is 39.5 Å². The summed E-state index contributed by atoms with van der Waals surface area (Å²) in [5.41, 5.74) is 0.986. The van der Waals surface area contributed by atoms with Crippen LogP contribution in [0.15, 0.2) is 34.0 Å². The number of rotatable bonds is 16. The van der Waals surface area contributed by atoms with E-state index in [2.05, 4.69) is 10.3 Å². The second-order valence-corrected chi connectivity index (χ2v) is 13.1. The number of ketones is 1. The number of ether oxygens (including phenoxy) is 2. The smallest absolute Gasteiger partial charge is 0.330 e. The summed E-state index contributed by atoms with van der Waals surface area (Å²) in [6.45, 7) is 5.27. The summed E-state index contributed by atoms with van der Waals surface area (Å²) in [4.78, 5) is 52.5. The Labute approximate surface area is 258 Å². The van der Waals surface area contributed by atoms with E-state index in [1.807, 2.05) is 18.4 Å².